The van der Waals surface area contributed by atoms with Gasteiger partial charge in [-0.15, -0.1) is 0 Å². The second kappa shape index (κ2) is 9.06. The Morgan fingerprint density at radius 1 is 1.28 bits per heavy atom. The van der Waals surface area contributed by atoms with Gasteiger partial charge in [-0.3, -0.25) is 14.3 Å². The Morgan fingerprint density at radius 3 is 2.62 bits per heavy atom. The Bertz CT molecular complexity index is 951. The number of anilines is 1. The highest BCUT2D eigenvalue weighted by Gasteiger charge is 2.36. The van der Waals surface area contributed by atoms with E-state index in [1.165, 1.54) is 10.8 Å². The third-order valence-corrected chi connectivity index (χ3v) is 4.96. The van der Waals surface area contributed by atoms with E-state index in [1.807, 2.05) is 18.7 Å². The fourth-order valence-corrected chi connectivity index (χ4v) is 3.33. The Morgan fingerprint density at radius 2 is 1.97 bits per heavy atom. The van der Waals surface area contributed by atoms with E-state index in [0.29, 0.717) is 24.3 Å². The van der Waals surface area contributed by atoms with Gasteiger partial charge in [-0.05, 0) is 26.0 Å². The predicted octanol–water partition coefficient (Wildman–Crippen LogP) is 0.888. The molecule has 0 bridgehead atoms. The number of nitrogens with zero attached hydrogens (tertiary/aromatic N) is 2. The molecule has 3 atom stereocenters. The third-order valence-electron chi connectivity index (χ3n) is 4.96. The van der Waals surface area contributed by atoms with Crippen molar-refractivity contribution in [1.29, 1.82) is 0 Å². The van der Waals surface area contributed by atoms with Crippen LogP contribution in [0.5, 0.6) is 0 Å². The number of benzene rings is 1. The fraction of sp³-hybridized carbons (Fsp3) is 0.450. The Balaban J connectivity index is 1.72. The molecule has 0 radical (unpaired) electrons. The van der Waals surface area contributed by atoms with Gasteiger partial charge in [0.1, 0.15) is 24.6 Å². The Labute approximate surface area is 167 Å². The number of aliphatic hydroxyl groups is 1. The Hall–Kier alpha value is -2.91. The second-order valence-corrected chi connectivity index (χ2v) is 6.75. The van der Waals surface area contributed by atoms with E-state index in [0.717, 1.165) is 0 Å². The summed E-state index contributed by atoms with van der Waals surface area (Å²) in [5.74, 6) is -0.519. The van der Waals surface area contributed by atoms with Crippen LogP contribution in [0.15, 0.2) is 46.1 Å². The van der Waals surface area contributed by atoms with Gasteiger partial charge in [0.25, 0.3) is 5.56 Å². The molecule has 1 saturated heterocycles. The topological polar surface area (TPSA) is 114 Å². The smallest absolute Gasteiger partial charge is 0.338 e. The van der Waals surface area contributed by atoms with Gasteiger partial charge in [-0.2, -0.15) is 0 Å². The van der Waals surface area contributed by atoms with Crippen molar-refractivity contribution in [3.05, 3.63) is 62.9 Å². The van der Waals surface area contributed by atoms with Crippen molar-refractivity contribution in [3.63, 3.8) is 0 Å². The van der Waals surface area contributed by atoms with Crippen LogP contribution in [0.25, 0.3) is 0 Å². The number of aliphatic hydroxyl groups excluding tert-OH is 1. The molecule has 1 fully saturated rings. The summed E-state index contributed by atoms with van der Waals surface area (Å²) < 4.78 is 12.3. The zero-order valence-corrected chi connectivity index (χ0v) is 16.4. The molecule has 2 N–H and O–H groups in total. The summed E-state index contributed by atoms with van der Waals surface area (Å²) in [5, 5.41) is 10.3. The average Bonchev–Trinajstić information content (AvgIpc) is 3.09. The van der Waals surface area contributed by atoms with Crippen molar-refractivity contribution in [2.45, 2.75) is 38.7 Å². The van der Waals surface area contributed by atoms with Gasteiger partial charge in [-0.1, -0.05) is 18.2 Å². The van der Waals surface area contributed by atoms with Gasteiger partial charge in [-0.25, -0.2) is 9.59 Å². The minimum atomic E-state index is -0.917. The summed E-state index contributed by atoms with van der Waals surface area (Å²) in [6, 6.07) is 8.50. The molecule has 156 valence electrons. The maximum atomic E-state index is 12.3. The van der Waals surface area contributed by atoms with E-state index in [-0.39, 0.29) is 13.0 Å². The number of carbonyl (C=O) groups is 1. The third kappa shape index (κ3) is 4.57. The molecule has 1 aliphatic heterocycles. The molecule has 0 spiro atoms. The van der Waals surface area contributed by atoms with Gasteiger partial charge in [0.05, 0.1) is 11.7 Å². The molecule has 29 heavy (non-hydrogen) atoms. The first-order chi connectivity index (χ1) is 13.9. The number of aromatic amines is 1. The Kier molecular flexibility index (Phi) is 6.50. The molecule has 1 aromatic heterocycles. The number of esters is 1. The monoisotopic (exact) mass is 403 g/mol. The first-order valence-electron chi connectivity index (χ1n) is 9.60. The lowest BCUT2D eigenvalue weighted by Gasteiger charge is -2.22. The van der Waals surface area contributed by atoms with Crippen LogP contribution in [0.3, 0.4) is 0 Å². The largest absolute Gasteiger partial charge is 0.459 e. The molecule has 9 heteroatoms. The number of H-pyrrole nitrogens is 1. The van der Waals surface area contributed by atoms with E-state index in [1.54, 1.807) is 30.3 Å². The molecule has 0 amide bonds. The minimum Gasteiger partial charge on any atom is -0.459 e. The summed E-state index contributed by atoms with van der Waals surface area (Å²) in [6.45, 7) is 4.87. The predicted molar refractivity (Wildman–Crippen MR) is 106 cm³/mol. The normalized spacial score (nSPS) is 21.1. The van der Waals surface area contributed by atoms with E-state index in [4.69, 9.17) is 9.47 Å². The van der Waals surface area contributed by atoms with E-state index >= 15 is 0 Å². The van der Waals surface area contributed by atoms with Crippen molar-refractivity contribution in [2.24, 2.45) is 0 Å². The summed E-state index contributed by atoms with van der Waals surface area (Å²) in [5.41, 5.74) is -0.337. The molecule has 3 rings (SSSR count). The maximum Gasteiger partial charge on any atom is 0.338 e. The van der Waals surface area contributed by atoms with Crippen LogP contribution in [-0.4, -0.2) is 52.5 Å². The number of aromatic nitrogens is 2. The van der Waals surface area contributed by atoms with Crippen molar-refractivity contribution in [1.82, 2.24) is 9.55 Å². The van der Waals surface area contributed by atoms with E-state index in [2.05, 4.69) is 4.98 Å². The van der Waals surface area contributed by atoms with Crippen molar-refractivity contribution in [3.8, 4) is 0 Å². The molecule has 2 heterocycles. The first-order valence-corrected chi connectivity index (χ1v) is 9.60. The lowest BCUT2D eigenvalue weighted by atomic mass is 10.2. The van der Waals surface area contributed by atoms with Crippen molar-refractivity contribution >= 4 is 11.7 Å². The number of carbonyl (C=O) groups excluding carboxylic acids is 1. The molecule has 0 aliphatic carbocycles. The first kappa shape index (κ1) is 20.8. The van der Waals surface area contributed by atoms with E-state index in [9.17, 15) is 19.5 Å². The summed E-state index contributed by atoms with van der Waals surface area (Å²) in [7, 11) is 0. The molecule has 1 aromatic carbocycles. The average molecular weight is 403 g/mol. The summed E-state index contributed by atoms with van der Waals surface area (Å²) in [6.07, 6.45) is -0.882. The van der Waals surface area contributed by atoms with Gasteiger partial charge in [0, 0.05) is 25.7 Å². The maximum absolute atomic E-state index is 12.3. The lowest BCUT2D eigenvalue weighted by Crippen LogP contribution is -2.37. The highest BCUT2D eigenvalue weighted by Crippen LogP contribution is 2.28. The van der Waals surface area contributed by atoms with Gasteiger partial charge in [0.15, 0.2) is 0 Å². The fourth-order valence-electron chi connectivity index (χ4n) is 3.33. The molecular weight excluding hydrogens is 378 g/mol. The lowest BCUT2D eigenvalue weighted by molar-refractivity contribution is -0.0531. The van der Waals surface area contributed by atoms with Crippen LogP contribution in [0.2, 0.25) is 0 Å². The highest BCUT2D eigenvalue weighted by atomic mass is 16.6. The summed E-state index contributed by atoms with van der Waals surface area (Å²) in [4.78, 5) is 40.6. The van der Waals surface area contributed by atoms with Crippen LogP contribution in [-0.2, 0) is 9.47 Å². The summed E-state index contributed by atoms with van der Waals surface area (Å²) >= 11 is 0. The number of rotatable bonds is 7. The quantitative estimate of drug-likeness (QED) is 0.660. The standard InChI is InChI=1S/C20H25N3O6/c1-3-22(4-2)14-11-23(20(27)21-18(14)25)17-10-15(24)16(29-17)12-28-19(26)13-8-6-5-7-9-13/h5-9,11,15-17,24H,3-4,10,12H2,1-2H3,(H,21,25,27). The molecule has 3 unspecified atom stereocenters. The van der Waals surface area contributed by atoms with Crippen LogP contribution < -0.4 is 16.1 Å². The molecule has 1 aliphatic rings. The van der Waals surface area contributed by atoms with Crippen LogP contribution >= 0.6 is 0 Å². The van der Waals surface area contributed by atoms with E-state index < -0.39 is 35.7 Å². The number of nitrogens with one attached hydrogen (secondary N) is 1. The molecular formula is C20H25N3O6. The molecule has 9 nitrogen and oxygen atoms in total. The van der Waals surface area contributed by atoms with Gasteiger partial charge >= 0.3 is 11.7 Å². The molecule has 0 saturated carbocycles. The molecule has 2 aromatic rings. The minimum absolute atomic E-state index is 0.136. The second-order valence-electron chi connectivity index (χ2n) is 6.75. The SMILES string of the molecule is CCN(CC)c1cn(C2CC(O)C(COC(=O)c3ccccc3)O2)c(=O)[nH]c1=O. The zero-order chi connectivity index (χ0) is 21.0. The number of hydrogen-bond donors (Lipinski definition) is 2. The van der Waals surface area contributed by atoms with Gasteiger partial charge in [0.2, 0.25) is 0 Å². The van der Waals surface area contributed by atoms with Crippen molar-refractivity contribution in [2.75, 3.05) is 24.6 Å². The number of hydrogen-bond acceptors (Lipinski definition) is 7. The highest BCUT2D eigenvalue weighted by molar-refractivity contribution is 5.89. The van der Waals surface area contributed by atoms with Gasteiger partial charge < -0.3 is 19.5 Å². The van der Waals surface area contributed by atoms with Crippen LogP contribution in [0, 0.1) is 0 Å². The van der Waals surface area contributed by atoms with Crippen LogP contribution in [0.4, 0.5) is 5.69 Å². The number of ether oxygens (including phenoxy) is 2. The van der Waals surface area contributed by atoms with Crippen LogP contribution in [0.1, 0.15) is 36.9 Å². The zero-order valence-electron chi connectivity index (χ0n) is 16.4. The van der Waals surface area contributed by atoms with Crippen molar-refractivity contribution < 1.29 is 19.4 Å².